The Morgan fingerprint density at radius 3 is 1.00 bits per heavy atom. The molecule has 0 amide bonds. The Morgan fingerprint density at radius 2 is 0.719 bits per heavy atom. The highest BCUT2D eigenvalue weighted by Crippen LogP contribution is 2.67. The molecule has 0 saturated heterocycles. The summed E-state index contributed by atoms with van der Waals surface area (Å²) in [4.78, 5) is 0. The molecular weight excluding hydrogens is 384 g/mol. The Morgan fingerprint density at radius 1 is 0.438 bits per heavy atom. The number of rotatable bonds is 18. The van der Waals surface area contributed by atoms with E-state index in [0.29, 0.717) is 16.2 Å². The maximum atomic E-state index is 2.81. The average molecular weight is 445 g/mol. The van der Waals surface area contributed by atoms with E-state index < -0.39 is 0 Å². The summed E-state index contributed by atoms with van der Waals surface area (Å²) < 4.78 is 0. The number of unbranched alkanes of at least 4 members (excludes halogenated alkanes) is 6. The van der Waals surface area contributed by atoms with E-state index in [-0.39, 0.29) is 0 Å². The molecule has 0 nitrogen and oxygen atoms in total. The normalized spacial score (nSPS) is 21.1. The van der Waals surface area contributed by atoms with Crippen LogP contribution < -0.4 is 0 Å². The molecule has 0 radical (unpaired) electrons. The minimum absolute atomic E-state index is 0.371. The highest BCUT2D eigenvalue weighted by Gasteiger charge is 2.58. The lowest BCUT2D eigenvalue weighted by Gasteiger charge is -2.61. The van der Waals surface area contributed by atoms with Crippen LogP contribution in [0.25, 0.3) is 0 Å². The third-order valence-corrected chi connectivity index (χ3v) is 8.87. The van der Waals surface area contributed by atoms with E-state index >= 15 is 0 Å². The van der Waals surface area contributed by atoms with Gasteiger partial charge in [-0.05, 0) is 61.2 Å². The van der Waals surface area contributed by atoms with E-state index in [1.165, 1.54) is 116 Å². The van der Waals surface area contributed by atoms with Crippen LogP contribution in [0.15, 0.2) is 24.3 Å². The molecule has 1 rings (SSSR count). The van der Waals surface area contributed by atoms with Crippen molar-refractivity contribution < 1.29 is 0 Å². The van der Waals surface area contributed by atoms with Crippen LogP contribution in [0.3, 0.4) is 0 Å². The van der Waals surface area contributed by atoms with Gasteiger partial charge in [-0.15, -0.1) is 0 Å². The average Bonchev–Trinajstić information content (AvgIpc) is 2.81. The fourth-order valence-corrected chi connectivity index (χ4v) is 7.07. The topological polar surface area (TPSA) is 0 Å². The van der Waals surface area contributed by atoms with Crippen molar-refractivity contribution in [2.75, 3.05) is 0 Å². The van der Waals surface area contributed by atoms with Crippen molar-refractivity contribution in [3.63, 3.8) is 0 Å². The third kappa shape index (κ3) is 7.24. The van der Waals surface area contributed by atoms with Crippen LogP contribution in [0.2, 0.25) is 0 Å². The Labute approximate surface area is 204 Å². The fourth-order valence-electron chi connectivity index (χ4n) is 7.07. The third-order valence-electron chi connectivity index (χ3n) is 8.87. The second-order valence-corrected chi connectivity index (χ2v) is 11.1. The van der Waals surface area contributed by atoms with Crippen LogP contribution in [0, 0.1) is 16.2 Å². The van der Waals surface area contributed by atoms with Gasteiger partial charge in [0.25, 0.3) is 0 Å². The van der Waals surface area contributed by atoms with Gasteiger partial charge >= 0.3 is 0 Å². The first-order chi connectivity index (χ1) is 15.6. The zero-order valence-electron chi connectivity index (χ0n) is 23.2. The van der Waals surface area contributed by atoms with Gasteiger partial charge in [0.1, 0.15) is 0 Å². The zero-order chi connectivity index (χ0) is 23.8. The van der Waals surface area contributed by atoms with Crippen LogP contribution >= 0.6 is 0 Å². The summed E-state index contributed by atoms with van der Waals surface area (Å²) in [5, 5.41) is 0. The van der Waals surface area contributed by atoms with Crippen LogP contribution in [0.1, 0.15) is 164 Å². The van der Waals surface area contributed by atoms with E-state index in [1.54, 1.807) is 0 Å². The van der Waals surface area contributed by atoms with Crippen molar-refractivity contribution in [2.24, 2.45) is 16.2 Å². The van der Waals surface area contributed by atoms with E-state index in [2.05, 4.69) is 65.8 Å². The molecular formula is C32H60. The van der Waals surface area contributed by atoms with Crippen molar-refractivity contribution in [3.05, 3.63) is 24.3 Å². The van der Waals surface area contributed by atoms with Crippen molar-refractivity contribution in [1.82, 2.24) is 0 Å². The number of allylic oxidation sites excluding steroid dienone is 4. The number of hydrogen-bond acceptors (Lipinski definition) is 0. The maximum Gasteiger partial charge on any atom is -0.00534 e. The van der Waals surface area contributed by atoms with Gasteiger partial charge in [-0.2, -0.15) is 0 Å². The van der Waals surface area contributed by atoms with Crippen molar-refractivity contribution in [3.8, 4) is 0 Å². The standard InChI is InChI=1S/C32H60/c1-7-13-22-30(23-14-8-2)26-20-19-21-27-31(24-15-9-3,25-16-10-4)32(30,28-17-11-5)29-18-12-6/h20-21,26-27H,7-19,22-25,28-29H2,1-6H3/b26-20-,27-21+. The second kappa shape index (κ2) is 16.2. The predicted molar refractivity (Wildman–Crippen MR) is 147 cm³/mol. The van der Waals surface area contributed by atoms with Crippen molar-refractivity contribution in [1.29, 1.82) is 0 Å². The monoisotopic (exact) mass is 444 g/mol. The minimum atomic E-state index is 0.371. The SMILES string of the molecule is CCCCC1(CCCC)/C=C\C/C=C/C(CCCC)(CCCC)C1(CCCC)CCCC. The lowest BCUT2D eigenvalue weighted by atomic mass is 9.42. The molecule has 0 aromatic carbocycles. The molecule has 0 unspecified atom stereocenters. The minimum Gasteiger partial charge on any atom is -0.0842 e. The molecule has 32 heavy (non-hydrogen) atoms. The molecule has 0 atom stereocenters. The molecule has 0 fully saturated rings. The van der Waals surface area contributed by atoms with Gasteiger partial charge in [-0.3, -0.25) is 0 Å². The summed E-state index contributed by atoms with van der Waals surface area (Å²) in [6.07, 6.45) is 36.6. The van der Waals surface area contributed by atoms with Gasteiger partial charge in [0.2, 0.25) is 0 Å². The first-order valence-corrected chi connectivity index (χ1v) is 14.9. The maximum absolute atomic E-state index is 2.81. The number of hydrogen-bond donors (Lipinski definition) is 0. The predicted octanol–water partition coefficient (Wildman–Crippen LogP) is 11.6. The summed E-state index contributed by atoms with van der Waals surface area (Å²) in [6, 6.07) is 0. The lowest BCUT2D eigenvalue weighted by molar-refractivity contribution is -0.0795. The molecule has 0 heteroatoms. The van der Waals surface area contributed by atoms with E-state index in [1.807, 2.05) is 0 Å². The summed E-state index contributed by atoms with van der Waals surface area (Å²) in [6.45, 7) is 14.5. The van der Waals surface area contributed by atoms with Crippen LogP contribution in [-0.4, -0.2) is 0 Å². The highest BCUT2D eigenvalue weighted by molar-refractivity contribution is 5.23. The van der Waals surface area contributed by atoms with Gasteiger partial charge in [-0.1, -0.05) is 143 Å². The Hall–Kier alpha value is -0.520. The first kappa shape index (κ1) is 29.5. The largest absolute Gasteiger partial charge is 0.0842 e. The summed E-state index contributed by atoms with van der Waals surface area (Å²) in [5.41, 5.74) is 1.15. The lowest BCUT2D eigenvalue weighted by Crippen LogP contribution is -2.53. The quantitative estimate of drug-likeness (QED) is 0.184. The summed E-state index contributed by atoms with van der Waals surface area (Å²) in [7, 11) is 0. The second-order valence-electron chi connectivity index (χ2n) is 11.1. The molecule has 188 valence electrons. The van der Waals surface area contributed by atoms with Gasteiger partial charge in [0, 0.05) is 0 Å². The molecule has 0 aliphatic heterocycles. The molecule has 0 aromatic heterocycles. The Kier molecular flexibility index (Phi) is 14.9. The van der Waals surface area contributed by atoms with E-state index in [0.717, 1.165) is 6.42 Å². The molecule has 0 saturated carbocycles. The van der Waals surface area contributed by atoms with Crippen LogP contribution in [0.4, 0.5) is 0 Å². The Balaban J connectivity index is 3.85. The van der Waals surface area contributed by atoms with Gasteiger partial charge < -0.3 is 0 Å². The summed E-state index contributed by atoms with van der Waals surface area (Å²) in [5.74, 6) is 0. The molecule has 0 bridgehead atoms. The van der Waals surface area contributed by atoms with Crippen LogP contribution in [0.5, 0.6) is 0 Å². The van der Waals surface area contributed by atoms with Crippen LogP contribution in [-0.2, 0) is 0 Å². The van der Waals surface area contributed by atoms with E-state index in [4.69, 9.17) is 0 Å². The highest BCUT2D eigenvalue weighted by atomic mass is 14.6. The summed E-state index contributed by atoms with van der Waals surface area (Å²) >= 11 is 0. The Bertz CT molecular complexity index is 446. The first-order valence-electron chi connectivity index (χ1n) is 14.9. The van der Waals surface area contributed by atoms with Gasteiger partial charge in [0.15, 0.2) is 0 Å². The van der Waals surface area contributed by atoms with E-state index in [9.17, 15) is 0 Å². The molecule has 0 spiro atoms. The van der Waals surface area contributed by atoms with Crippen molar-refractivity contribution >= 4 is 0 Å². The molecule has 0 heterocycles. The molecule has 1 aliphatic rings. The molecule has 0 aromatic rings. The van der Waals surface area contributed by atoms with Gasteiger partial charge in [-0.25, -0.2) is 0 Å². The van der Waals surface area contributed by atoms with Crippen molar-refractivity contribution in [2.45, 2.75) is 164 Å². The zero-order valence-corrected chi connectivity index (χ0v) is 23.2. The smallest absolute Gasteiger partial charge is 0.00534 e. The fraction of sp³-hybridized carbons (Fsp3) is 0.875. The molecule has 1 aliphatic carbocycles. The van der Waals surface area contributed by atoms with Gasteiger partial charge in [0.05, 0.1) is 0 Å². The molecule has 0 N–H and O–H groups in total.